The Morgan fingerprint density at radius 2 is 2.39 bits per heavy atom. The molecule has 18 heavy (non-hydrogen) atoms. The molecule has 0 aromatic heterocycles. The van der Waals surface area contributed by atoms with E-state index < -0.39 is 5.97 Å². The summed E-state index contributed by atoms with van der Waals surface area (Å²) in [5.41, 5.74) is 1.44. The molecule has 2 rings (SSSR count). The van der Waals surface area contributed by atoms with Crippen LogP contribution in [0.1, 0.15) is 29.3 Å². The number of ether oxygens (including phenoxy) is 1. The first-order valence-corrected chi connectivity index (χ1v) is 7.67. The second-order valence-corrected chi connectivity index (χ2v) is 6.41. The lowest BCUT2D eigenvalue weighted by Gasteiger charge is -2.14. The van der Waals surface area contributed by atoms with E-state index in [1.807, 2.05) is 17.8 Å². The van der Waals surface area contributed by atoms with E-state index in [1.165, 1.54) is 0 Å². The van der Waals surface area contributed by atoms with Crippen LogP contribution in [0.2, 0.25) is 0 Å². The van der Waals surface area contributed by atoms with Crippen molar-refractivity contribution in [3.8, 4) is 0 Å². The van der Waals surface area contributed by atoms with Crippen molar-refractivity contribution in [2.45, 2.75) is 30.5 Å². The zero-order valence-corrected chi connectivity index (χ0v) is 12.5. The van der Waals surface area contributed by atoms with Gasteiger partial charge in [-0.1, -0.05) is 22.0 Å². The molecule has 1 aromatic rings. The van der Waals surface area contributed by atoms with Gasteiger partial charge in [0.25, 0.3) is 0 Å². The Bertz CT molecular complexity index is 450. The van der Waals surface area contributed by atoms with Gasteiger partial charge >= 0.3 is 5.97 Å². The molecule has 1 saturated heterocycles. The van der Waals surface area contributed by atoms with E-state index in [0.717, 1.165) is 28.8 Å². The molecular weight excluding hydrogens is 316 g/mol. The van der Waals surface area contributed by atoms with Gasteiger partial charge in [-0.25, -0.2) is 4.79 Å². The van der Waals surface area contributed by atoms with Gasteiger partial charge in [0.1, 0.15) is 0 Å². The highest BCUT2D eigenvalue weighted by Gasteiger charge is 2.24. The van der Waals surface area contributed by atoms with Gasteiger partial charge < -0.3 is 9.84 Å². The first kappa shape index (κ1) is 13.9. The van der Waals surface area contributed by atoms with Crippen molar-refractivity contribution >= 4 is 33.7 Å². The van der Waals surface area contributed by atoms with Gasteiger partial charge in [0, 0.05) is 22.1 Å². The van der Waals surface area contributed by atoms with Crippen molar-refractivity contribution in [2.24, 2.45) is 0 Å². The monoisotopic (exact) mass is 330 g/mol. The molecule has 3 nitrogen and oxygen atoms in total. The fraction of sp³-hybridized carbons (Fsp3) is 0.462. The van der Waals surface area contributed by atoms with Crippen LogP contribution in [0.3, 0.4) is 0 Å². The van der Waals surface area contributed by atoms with E-state index in [-0.39, 0.29) is 0 Å². The van der Waals surface area contributed by atoms with Gasteiger partial charge in [-0.3, -0.25) is 0 Å². The quantitative estimate of drug-likeness (QED) is 0.916. The van der Waals surface area contributed by atoms with E-state index in [4.69, 9.17) is 9.84 Å². The fourth-order valence-electron chi connectivity index (χ4n) is 1.93. The summed E-state index contributed by atoms with van der Waals surface area (Å²) in [7, 11) is 0. The Morgan fingerprint density at radius 1 is 1.61 bits per heavy atom. The molecular formula is C13H15BrO3S. The van der Waals surface area contributed by atoms with E-state index >= 15 is 0 Å². The van der Waals surface area contributed by atoms with Crippen LogP contribution in [0.25, 0.3) is 0 Å². The van der Waals surface area contributed by atoms with Gasteiger partial charge in [-0.05, 0) is 31.0 Å². The number of thioether (sulfide) groups is 1. The number of hydrogen-bond donors (Lipinski definition) is 1. The molecule has 1 aromatic carbocycles. The second kappa shape index (κ2) is 6.08. The normalized spacial score (nSPS) is 23.2. The molecule has 1 aliphatic rings. The maximum absolute atomic E-state index is 10.8. The third-order valence-corrected chi connectivity index (χ3v) is 5.32. The highest BCUT2D eigenvalue weighted by Crippen LogP contribution is 2.31. The molecule has 0 radical (unpaired) electrons. The Kier molecular flexibility index (Phi) is 4.70. The van der Waals surface area contributed by atoms with Crippen molar-refractivity contribution in [3.63, 3.8) is 0 Å². The summed E-state index contributed by atoms with van der Waals surface area (Å²) in [6.45, 7) is 2.95. The molecule has 0 saturated carbocycles. The van der Waals surface area contributed by atoms with Crippen molar-refractivity contribution in [2.75, 3.05) is 6.61 Å². The van der Waals surface area contributed by atoms with E-state index in [9.17, 15) is 4.79 Å². The van der Waals surface area contributed by atoms with Crippen LogP contribution < -0.4 is 0 Å². The maximum atomic E-state index is 10.8. The average molecular weight is 331 g/mol. The average Bonchev–Trinajstić information content (AvgIpc) is 2.73. The summed E-state index contributed by atoms with van der Waals surface area (Å²) in [4.78, 5) is 10.8. The molecule has 5 heteroatoms. The third kappa shape index (κ3) is 3.28. The molecule has 1 N–H and O–H groups in total. The molecule has 1 fully saturated rings. The number of rotatable bonds is 4. The van der Waals surface area contributed by atoms with Gasteiger partial charge in [0.15, 0.2) is 0 Å². The topological polar surface area (TPSA) is 46.5 Å². The zero-order valence-electron chi connectivity index (χ0n) is 10.1. The summed E-state index contributed by atoms with van der Waals surface area (Å²) in [6.07, 6.45) is 1.41. The molecule has 1 heterocycles. The SMILES string of the molecule is CC1OCCC1SCc1ccc(C(=O)O)cc1Br. The molecule has 2 atom stereocenters. The fourth-order valence-corrected chi connectivity index (χ4v) is 3.89. The van der Waals surface area contributed by atoms with Crippen LogP contribution in [0, 0.1) is 0 Å². The van der Waals surface area contributed by atoms with Crippen molar-refractivity contribution < 1.29 is 14.6 Å². The minimum atomic E-state index is -0.896. The number of benzene rings is 1. The van der Waals surface area contributed by atoms with Crippen LogP contribution in [-0.2, 0) is 10.5 Å². The van der Waals surface area contributed by atoms with Crippen LogP contribution in [0.15, 0.2) is 22.7 Å². The van der Waals surface area contributed by atoms with Gasteiger partial charge in [0.2, 0.25) is 0 Å². The predicted molar refractivity (Wildman–Crippen MR) is 76.2 cm³/mol. The molecule has 1 aliphatic heterocycles. The first-order valence-electron chi connectivity index (χ1n) is 5.83. The second-order valence-electron chi connectivity index (χ2n) is 4.33. The standard InChI is InChI=1S/C13H15BrO3S/c1-8-12(4-5-17-8)18-7-10-3-2-9(13(15)16)6-11(10)14/h2-3,6,8,12H,4-5,7H2,1H3,(H,15,16). The summed E-state index contributed by atoms with van der Waals surface area (Å²) < 4.78 is 6.39. The van der Waals surface area contributed by atoms with Crippen LogP contribution in [0.5, 0.6) is 0 Å². The molecule has 0 spiro atoms. The summed E-state index contributed by atoms with van der Waals surface area (Å²) in [5.74, 6) is -0.0218. The Balaban J connectivity index is 1.99. The number of aromatic carboxylic acids is 1. The number of carboxylic acid groups (broad SMARTS) is 1. The minimum Gasteiger partial charge on any atom is -0.478 e. The molecule has 0 aliphatic carbocycles. The van der Waals surface area contributed by atoms with Gasteiger partial charge in [-0.2, -0.15) is 11.8 Å². The molecule has 98 valence electrons. The molecule has 0 amide bonds. The molecule has 0 bridgehead atoms. The Hall–Kier alpha value is -0.520. The van der Waals surface area contributed by atoms with Crippen LogP contribution in [0.4, 0.5) is 0 Å². The minimum absolute atomic E-state index is 0.312. The highest BCUT2D eigenvalue weighted by molar-refractivity contribution is 9.10. The number of carboxylic acids is 1. The first-order chi connectivity index (χ1) is 8.58. The van der Waals surface area contributed by atoms with Gasteiger partial charge in [0.05, 0.1) is 11.7 Å². The third-order valence-electron chi connectivity index (χ3n) is 3.06. The summed E-state index contributed by atoms with van der Waals surface area (Å²) in [5, 5.41) is 9.43. The zero-order chi connectivity index (χ0) is 13.1. The number of carbonyl (C=O) groups is 1. The summed E-state index contributed by atoms with van der Waals surface area (Å²) in [6, 6.07) is 5.19. The van der Waals surface area contributed by atoms with Crippen molar-refractivity contribution in [3.05, 3.63) is 33.8 Å². The Morgan fingerprint density at radius 3 is 2.94 bits per heavy atom. The van der Waals surface area contributed by atoms with E-state index in [2.05, 4.69) is 22.9 Å². The predicted octanol–water partition coefficient (Wildman–Crippen LogP) is 3.56. The molecule has 2 unspecified atom stereocenters. The number of halogens is 1. The largest absolute Gasteiger partial charge is 0.478 e. The number of hydrogen-bond acceptors (Lipinski definition) is 3. The maximum Gasteiger partial charge on any atom is 0.335 e. The van der Waals surface area contributed by atoms with Crippen LogP contribution >= 0.6 is 27.7 Å². The van der Waals surface area contributed by atoms with E-state index in [1.54, 1.807) is 12.1 Å². The van der Waals surface area contributed by atoms with E-state index in [0.29, 0.717) is 16.9 Å². The van der Waals surface area contributed by atoms with Gasteiger partial charge in [-0.15, -0.1) is 0 Å². The lowest BCUT2D eigenvalue weighted by molar-refractivity contribution is 0.0697. The Labute approximate surface area is 119 Å². The van der Waals surface area contributed by atoms with Crippen molar-refractivity contribution in [1.82, 2.24) is 0 Å². The lowest BCUT2D eigenvalue weighted by atomic mass is 10.1. The smallest absolute Gasteiger partial charge is 0.335 e. The van der Waals surface area contributed by atoms with Crippen LogP contribution in [-0.4, -0.2) is 29.0 Å². The lowest BCUT2D eigenvalue weighted by Crippen LogP contribution is -2.13. The summed E-state index contributed by atoms with van der Waals surface area (Å²) >= 11 is 5.30. The van der Waals surface area contributed by atoms with Crippen molar-refractivity contribution in [1.29, 1.82) is 0 Å². The highest BCUT2D eigenvalue weighted by atomic mass is 79.9.